The van der Waals surface area contributed by atoms with Crippen molar-refractivity contribution in [2.75, 3.05) is 4.90 Å². The van der Waals surface area contributed by atoms with Crippen molar-refractivity contribution >= 4 is 17.7 Å². The van der Waals surface area contributed by atoms with Gasteiger partial charge in [0.2, 0.25) is 5.76 Å². The number of fused-ring (bicyclic) bond motifs is 1. The summed E-state index contributed by atoms with van der Waals surface area (Å²) in [4.78, 5) is 25.7. The van der Waals surface area contributed by atoms with E-state index in [-0.39, 0.29) is 34.5 Å². The van der Waals surface area contributed by atoms with E-state index in [2.05, 4.69) is 0 Å². The molecule has 0 saturated carbocycles. The summed E-state index contributed by atoms with van der Waals surface area (Å²) in [6.07, 6.45) is -3.40. The number of nitrogens with zero attached hydrogens (tertiary/aromatic N) is 1. The Balaban J connectivity index is 1.90. The first-order chi connectivity index (χ1) is 16.0. The van der Waals surface area contributed by atoms with E-state index in [1.807, 2.05) is 0 Å². The molecule has 176 valence electrons. The normalized spacial score (nSPS) is 15.4. The number of alkyl halides is 3. The first-order valence-electron chi connectivity index (χ1n) is 9.96. The van der Waals surface area contributed by atoms with E-state index in [1.165, 1.54) is 37.3 Å². The number of hydrogen-bond donors (Lipinski definition) is 2. The van der Waals surface area contributed by atoms with Crippen molar-refractivity contribution in [3.05, 3.63) is 92.8 Å². The van der Waals surface area contributed by atoms with Crippen LogP contribution in [0, 0.1) is 12.7 Å². The van der Waals surface area contributed by atoms with Crippen LogP contribution in [0.3, 0.4) is 0 Å². The number of halogens is 4. The Morgan fingerprint density at radius 3 is 2.44 bits per heavy atom. The van der Waals surface area contributed by atoms with Crippen LogP contribution in [0.1, 0.15) is 32.8 Å². The van der Waals surface area contributed by atoms with E-state index in [9.17, 15) is 37.4 Å². The minimum Gasteiger partial charge on any atom is -0.475 e. The second-order valence-electron chi connectivity index (χ2n) is 7.77. The fraction of sp³-hybridized carbons (Fsp3) is 0.167. The van der Waals surface area contributed by atoms with Crippen LogP contribution in [-0.4, -0.2) is 22.4 Å². The summed E-state index contributed by atoms with van der Waals surface area (Å²) in [6.45, 7) is 1.18. The molecule has 0 bridgehead atoms. The molecule has 0 radical (unpaired) electrons. The van der Waals surface area contributed by atoms with E-state index in [0.29, 0.717) is 5.56 Å². The molecule has 1 atom stereocenters. The quantitative estimate of drug-likeness (QED) is 0.526. The monoisotopic (exact) mass is 475 g/mol. The molecule has 0 saturated heterocycles. The number of aryl methyl sites for hydroxylation is 1. The van der Waals surface area contributed by atoms with Crippen LogP contribution in [0.2, 0.25) is 0 Å². The van der Waals surface area contributed by atoms with Gasteiger partial charge >= 0.3 is 17.8 Å². The second kappa shape index (κ2) is 8.45. The van der Waals surface area contributed by atoms with E-state index in [0.717, 1.165) is 29.2 Å². The maximum absolute atomic E-state index is 13.4. The first kappa shape index (κ1) is 23.2. The van der Waals surface area contributed by atoms with Crippen LogP contribution in [0.15, 0.2) is 57.8 Å². The van der Waals surface area contributed by atoms with Crippen molar-refractivity contribution in [1.82, 2.24) is 0 Å². The third-order valence-electron chi connectivity index (χ3n) is 5.33. The number of benzene rings is 2. The lowest BCUT2D eigenvalue weighted by molar-refractivity contribution is -0.137. The fourth-order valence-electron chi connectivity index (χ4n) is 3.94. The number of anilines is 1. The molecule has 2 N–H and O–H groups in total. The summed E-state index contributed by atoms with van der Waals surface area (Å²) in [5, 5.41) is 20.1. The molecule has 0 amide bonds. The van der Waals surface area contributed by atoms with Crippen molar-refractivity contribution in [3.8, 4) is 11.1 Å². The number of carbonyl (C=O) groups is 1. The van der Waals surface area contributed by atoms with Gasteiger partial charge in [0, 0.05) is 17.7 Å². The maximum atomic E-state index is 13.4. The van der Waals surface area contributed by atoms with Gasteiger partial charge in [-0.25, -0.2) is 14.0 Å². The lowest BCUT2D eigenvalue weighted by Crippen LogP contribution is -2.39. The molecule has 1 unspecified atom stereocenters. The number of aliphatic hydroxyl groups is 1. The third kappa shape index (κ3) is 4.32. The number of aliphatic hydroxyl groups excluding tert-OH is 1. The van der Waals surface area contributed by atoms with Gasteiger partial charge < -0.3 is 19.5 Å². The van der Waals surface area contributed by atoms with Gasteiger partial charge in [-0.05, 0) is 48.4 Å². The van der Waals surface area contributed by atoms with Crippen LogP contribution in [0.4, 0.5) is 23.2 Å². The van der Waals surface area contributed by atoms with Crippen molar-refractivity contribution < 1.29 is 37.0 Å². The highest BCUT2D eigenvalue weighted by atomic mass is 19.4. The minimum atomic E-state index is -4.59. The molecule has 1 aliphatic rings. The van der Waals surface area contributed by atoms with E-state index in [4.69, 9.17) is 4.42 Å². The van der Waals surface area contributed by atoms with E-state index >= 15 is 0 Å². The highest BCUT2D eigenvalue weighted by Gasteiger charge is 2.33. The molecular formula is C24H17F4NO5. The van der Waals surface area contributed by atoms with Gasteiger partial charge in [0.15, 0.2) is 0 Å². The zero-order valence-corrected chi connectivity index (χ0v) is 17.6. The van der Waals surface area contributed by atoms with Crippen LogP contribution in [0.5, 0.6) is 0 Å². The molecule has 34 heavy (non-hydrogen) atoms. The van der Waals surface area contributed by atoms with Gasteiger partial charge in [-0.15, -0.1) is 0 Å². The average molecular weight is 475 g/mol. The Bertz CT molecular complexity index is 1360. The third-order valence-corrected chi connectivity index (χ3v) is 5.33. The van der Waals surface area contributed by atoms with Gasteiger partial charge in [0.1, 0.15) is 17.7 Å². The van der Waals surface area contributed by atoms with Crippen molar-refractivity contribution in [1.29, 1.82) is 0 Å². The van der Waals surface area contributed by atoms with Crippen molar-refractivity contribution in [2.24, 2.45) is 0 Å². The molecular weight excluding hydrogens is 458 g/mol. The summed E-state index contributed by atoms with van der Waals surface area (Å²) in [5.41, 5.74) is -1.44. The standard InChI is InChI=1S/C24H17F4NO5/c1-12-8-13(10-15(9-12)24(26,27)28)11-29-18(30)7-6-17-19(14-2-4-16(25)5-3-14)21(22(31)32)34-23(33)20(17)29/h2-10,18,30H,11H2,1H3,(H,31,32). The molecule has 10 heteroatoms. The molecule has 1 aliphatic heterocycles. The Labute approximate surface area is 190 Å². The second-order valence-corrected chi connectivity index (χ2v) is 7.77. The molecule has 2 aromatic carbocycles. The van der Waals surface area contributed by atoms with Gasteiger partial charge in [0.05, 0.1) is 5.56 Å². The van der Waals surface area contributed by atoms with Gasteiger partial charge in [0.25, 0.3) is 0 Å². The number of rotatable bonds is 4. The zero-order valence-electron chi connectivity index (χ0n) is 17.6. The predicted octanol–water partition coefficient (Wildman–Crippen LogP) is 4.82. The number of aromatic carboxylic acids is 1. The van der Waals surface area contributed by atoms with E-state index in [1.54, 1.807) is 0 Å². The largest absolute Gasteiger partial charge is 0.475 e. The molecule has 6 nitrogen and oxygen atoms in total. The van der Waals surface area contributed by atoms with Crippen LogP contribution >= 0.6 is 0 Å². The molecule has 0 fully saturated rings. The maximum Gasteiger partial charge on any atom is 0.416 e. The number of hydrogen-bond acceptors (Lipinski definition) is 5. The summed E-state index contributed by atoms with van der Waals surface area (Å²) in [7, 11) is 0. The smallest absolute Gasteiger partial charge is 0.416 e. The molecule has 0 spiro atoms. The van der Waals surface area contributed by atoms with Gasteiger partial charge in [-0.1, -0.05) is 29.8 Å². The zero-order chi connectivity index (χ0) is 24.8. The Kier molecular flexibility index (Phi) is 5.78. The van der Waals surface area contributed by atoms with Gasteiger partial charge in [-0.2, -0.15) is 13.2 Å². The first-order valence-corrected chi connectivity index (χ1v) is 9.96. The number of carboxylic acid groups (broad SMARTS) is 1. The Morgan fingerprint density at radius 2 is 1.82 bits per heavy atom. The molecule has 3 aromatic rings. The molecule has 0 aliphatic carbocycles. The van der Waals surface area contributed by atoms with E-state index < -0.39 is 41.1 Å². The Morgan fingerprint density at radius 1 is 1.15 bits per heavy atom. The summed E-state index contributed by atoms with van der Waals surface area (Å²) >= 11 is 0. The molecule has 2 heterocycles. The van der Waals surface area contributed by atoms with Crippen LogP contribution in [0.25, 0.3) is 17.2 Å². The lowest BCUT2D eigenvalue weighted by atomic mass is 9.94. The molecule has 4 rings (SSSR count). The highest BCUT2D eigenvalue weighted by molar-refractivity contribution is 5.98. The van der Waals surface area contributed by atoms with Gasteiger partial charge in [-0.3, -0.25) is 0 Å². The summed E-state index contributed by atoms with van der Waals surface area (Å²) in [6, 6.07) is 8.17. The van der Waals surface area contributed by atoms with Crippen LogP contribution in [-0.2, 0) is 12.7 Å². The topological polar surface area (TPSA) is 91.0 Å². The van der Waals surface area contributed by atoms with Crippen LogP contribution < -0.4 is 10.5 Å². The fourth-order valence-corrected chi connectivity index (χ4v) is 3.94. The SMILES string of the molecule is Cc1cc(CN2c3c(c(-c4ccc(F)cc4)c(C(=O)O)oc3=O)C=CC2O)cc(C(F)(F)F)c1. The summed E-state index contributed by atoms with van der Waals surface area (Å²) < 4.78 is 58.3. The minimum absolute atomic E-state index is 0.0320. The number of carboxylic acids is 1. The summed E-state index contributed by atoms with van der Waals surface area (Å²) in [5.74, 6) is -2.80. The molecule has 1 aromatic heterocycles. The van der Waals surface area contributed by atoms with Crippen molar-refractivity contribution in [2.45, 2.75) is 25.9 Å². The predicted molar refractivity (Wildman–Crippen MR) is 115 cm³/mol. The lowest BCUT2D eigenvalue weighted by Gasteiger charge is -2.32. The highest BCUT2D eigenvalue weighted by Crippen LogP contribution is 2.38. The average Bonchev–Trinajstić information content (AvgIpc) is 2.75. The Hall–Kier alpha value is -3.92. The van der Waals surface area contributed by atoms with Crippen molar-refractivity contribution in [3.63, 3.8) is 0 Å².